The lowest BCUT2D eigenvalue weighted by Crippen LogP contribution is -2.64. The van der Waals surface area contributed by atoms with E-state index in [9.17, 15) is 29.4 Å². The minimum atomic E-state index is -2.05. The number of carboxylic acid groups (broad SMARTS) is 2. The fraction of sp³-hybridized carbons (Fsp3) is 0.615. The van der Waals surface area contributed by atoms with Crippen LogP contribution in [0.2, 0.25) is 0 Å². The molecule has 1 fully saturated rings. The van der Waals surface area contributed by atoms with Crippen LogP contribution in [-0.2, 0) is 16.0 Å². The maximum Gasteiger partial charge on any atom is 0.331 e. The summed E-state index contributed by atoms with van der Waals surface area (Å²) in [6.07, 6.45) is 10.9. The predicted octanol–water partition coefficient (Wildman–Crippen LogP) is 5.06. The van der Waals surface area contributed by atoms with Gasteiger partial charge in [-0.15, -0.1) is 0 Å². The minimum absolute atomic E-state index is 0.0435. The summed E-state index contributed by atoms with van der Waals surface area (Å²) in [6.45, 7) is 2.19. The maximum atomic E-state index is 13.5. The first-order valence-electron chi connectivity index (χ1n) is 12.3. The van der Waals surface area contributed by atoms with Gasteiger partial charge in [-0.1, -0.05) is 76.8 Å². The lowest BCUT2D eigenvalue weighted by molar-refractivity contribution is -0.164. The Hall–Kier alpha value is -2.70. The number of carbonyl (C=O) groups is 4. The van der Waals surface area contributed by atoms with E-state index in [1.165, 1.54) is 32.1 Å². The van der Waals surface area contributed by atoms with E-state index in [4.69, 9.17) is 0 Å². The zero-order chi connectivity index (χ0) is 24.0. The maximum absolute atomic E-state index is 13.5. The molecule has 1 saturated carbocycles. The molecule has 0 bridgehead atoms. The molecular formula is C26H35NO6. The number of hydrogen-bond acceptors (Lipinski definition) is 4. The van der Waals surface area contributed by atoms with Crippen LogP contribution < -0.4 is 0 Å². The molecule has 7 heteroatoms. The van der Waals surface area contributed by atoms with Gasteiger partial charge in [-0.25, -0.2) is 4.79 Å². The molecule has 2 unspecified atom stereocenters. The number of fused-ring (bicyclic) bond motifs is 1. The van der Waals surface area contributed by atoms with E-state index in [0.29, 0.717) is 19.3 Å². The van der Waals surface area contributed by atoms with Crippen molar-refractivity contribution >= 4 is 23.8 Å². The average molecular weight is 458 g/mol. The molecule has 1 heterocycles. The summed E-state index contributed by atoms with van der Waals surface area (Å²) >= 11 is 0. The highest BCUT2D eigenvalue weighted by Crippen LogP contribution is 2.43. The summed E-state index contributed by atoms with van der Waals surface area (Å²) in [5.74, 6) is -5.38. The number of nitrogens with zero attached hydrogens (tertiary/aromatic N) is 1. The third-order valence-corrected chi connectivity index (χ3v) is 7.25. The third kappa shape index (κ3) is 4.82. The van der Waals surface area contributed by atoms with Gasteiger partial charge in [-0.2, -0.15) is 0 Å². The fourth-order valence-electron chi connectivity index (χ4n) is 5.48. The Morgan fingerprint density at radius 1 is 0.970 bits per heavy atom. The molecule has 2 N–H and O–H groups in total. The molecule has 1 aromatic rings. The molecule has 0 aromatic heterocycles. The van der Waals surface area contributed by atoms with Crippen molar-refractivity contribution in [3.05, 3.63) is 34.9 Å². The molecule has 33 heavy (non-hydrogen) atoms. The van der Waals surface area contributed by atoms with Crippen LogP contribution in [0.25, 0.3) is 0 Å². The number of benzene rings is 1. The molecular weight excluding hydrogens is 422 g/mol. The van der Waals surface area contributed by atoms with Crippen LogP contribution in [0.15, 0.2) is 18.2 Å². The fourth-order valence-corrected chi connectivity index (χ4v) is 5.48. The summed E-state index contributed by atoms with van der Waals surface area (Å²) in [5.41, 5.74) is -0.872. The lowest BCUT2D eigenvalue weighted by atomic mass is 9.71. The highest BCUT2D eigenvalue weighted by atomic mass is 16.4. The van der Waals surface area contributed by atoms with Crippen LogP contribution in [0.4, 0.5) is 0 Å². The van der Waals surface area contributed by atoms with Crippen LogP contribution in [0, 0.1) is 5.92 Å². The van der Waals surface area contributed by atoms with E-state index in [-0.39, 0.29) is 24.0 Å². The molecule has 1 aliphatic heterocycles. The Bertz CT molecular complexity index is 910. The van der Waals surface area contributed by atoms with Gasteiger partial charge in [0, 0.05) is 0 Å². The second-order valence-electron chi connectivity index (χ2n) is 9.38. The van der Waals surface area contributed by atoms with Gasteiger partial charge < -0.3 is 10.2 Å². The molecule has 180 valence electrons. The Balaban J connectivity index is 1.78. The van der Waals surface area contributed by atoms with Crippen molar-refractivity contribution in [1.82, 2.24) is 4.90 Å². The molecule has 0 saturated heterocycles. The predicted molar refractivity (Wildman–Crippen MR) is 123 cm³/mol. The van der Waals surface area contributed by atoms with Crippen molar-refractivity contribution in [2.45, 2.75) is 95.9 Å². The van der Waals surface area contributed by atoms with Gasteiger partial charge in [0.2, 0.25) is 0 Å². The average Bonchev–Trinajstić information content (AvgIpc) is 3.06. The van der Waals surface area contributed by atoms with Crippen molar-refractivity contribution < 1.29 is 29.4 Å². The molecule has 2 atom stereocenters. The number of unbranched alkanes of at least 4 members (excludes halogenated alkanes) is 7. The molecule has 2 aliphatic rings. The van der Waals surface area contributed by atoms with E-state index in [1.54, 1.807) is 12.1 Å². The standard InChI is InChI=1S/C26H35NO6/c1-2-3-4-5-6-7-8-9-13-18-14-12-15-19-21(18)23(29)27(22(19)28)26(25(32)33)17-11-10-16-20(26)24(30)31/h12,14-15,20H,2-11,13,16-17H2,1H3,(H,30,31)(H,32,33). The molecule has 1 aliphatic carbocycles. The van der Waals surface area contributed by atoms with Crippen LogP contribution in [-0.4, -0.2) is 44.4 Å². The van der Waals surface area contributed by atoms with Gasteiger partial charge in [-0.3, -0.25) is 19.3 Å². The summed E-state index contributed by atoms with van der Waals surface area (Å²) < 4.78 is 0. The number of imide groups is 1. The van der Waals surface area contributed by atoms with Gasteiger partial charge >= 0.3 is 11.9 Å². The number of amides is 2. The van der Waals surface area contributed by atoms with E-state index >= 15 is 0 Å². The van der Waals surface area contributed by atoms with Crippen molar-refractivity contribution in [1.29, 1.82) is 0 Å². The second kappa shape index (κ2) is 10.9. The number of aryl methyl sites for hydroxylation is 1. The molecule has 1 aromatic carbocycles. The normalized spacial score (nSPS) is 22.5. The molecule has 3 rings (SSSR count). The van der Waals surface area contributed by atoms with Crippen LogP contribution in [0.3, 0.4) is 0 Å². The van der Waals surface area contributed by atoms with Crippen molar-refractivity contribution in [2.24, 2.45) is 5.92 Å². The summed E-state index contributed by atoms with van der Waals surface area (Å²) in [5, 5.41) is 19.9. The summed E-state index contributed by atoms with van der Waals surface area (Å²) in [4.78, 5) is 51.9. The van der Waals surface area contributed by atoms with E-state index in [0.717, 1.165) is 29.7 Å². The Labute approximate surface area is 195 Å². The van der Waals surface area contributed by atoms with Gasteiger partial charge in [0.1, 0.15) is 0 Å². The first kappa shape index (κ1) is 24.9. The zero-order valence-electron chi connectivity index (χ0n) is 19.5. The lowest BCUT2D eigenvalue weighted by Gasteiger charge is -2.43. The number of aliphatic carboxylic acids is 2. The van der Waals surface area contributed by atoms with Gasteiger partial charge in [-0.05, 0) is 37.3 Å². The van der Waals surface area contributed by atoms with E-state index < -0.39 is 35.2 Å². The Morgan fingerprint density at radius 2 is 1.64 bits per heavy atom. The Kier molecular flexibility index (Phi) is 8.27. The number of carbonyl (C=O) groups excluding carboxylic acids is 2. The van der Waals surface area contributed by atoms with E-state index in [1.807, 2.05) is 6.07 Å². The molecule has 7 nitrogen and oxygen atoms in total. The van der Waals surface area contributed by atoms with E-state index in [2.05, 4.69) is 6.92 Å². The minimum Gasteiger partial charge on any atom is -0.481 e. The van der Waals surface area contributed by atoms with Gasteiger partial charge in [0.25, 0.3) is 11.8 Å². The first-order chi connectivity index (χ1) is 15.9. The van der Waals surface area contributed by atoms with Crippen LogP contribution >= 0.6 is 0 Å². The van der Waals surface area contributed by atoms with Crippen LogP contribution in [0.1, 0.15) is 110 Å². The van der Waals surface area contributed by atoms with Crippen molar-refractivity contribution in [2.75, 3.05) is 0 Å². The highest BCUT2D eigenvalue weighted by molar-refractivity contribution is 6.24. The SMILES string of the molecule is CCCCCCCCCCc1cccc2c1C(=O)N(C1(C(=O)O)CCCCC1C(=O)O)C2=O. The smallest absolute Gasteiger partial charge is 0.331 e. The second-order valence-corrected chi connectivity index (χ2v) is 9.38. The number of rotatable bonds is 12. The van der Waals surface area contributed by atoms with Crippen LogP contribution in [0.5, 0.6) is 0 Å². The largest absolute Gasteiger partial charge is 0.481 e. The first-order valence-corrected chi connectivity index (χ1v) is 12.3. The summed E-state index contributed by atoms with van der Waals surface area (Å²) in [6, 6.07) is 5.08. The quantitative estimate of drug-likeness (QED) is 0.335. The number of carboxylic acids is 2. The van der Waals surface area contributed by atoms with Crippen molar-refractivity contribution in [3.63, 3.8) is 0 Å². The van der Waals surface area contributed by atoms with Gasteiger partial charge in [0.15, 0.2) is 5.54 Å². The molecule has 0 spiro atoms. The molecule has 2 amide bonds. The number of hydrogen-bond donors (Lipinski definition) is 2. The van der Waals surface area contributed by atoms with Gasteiger partial charge in [0.05, 0.1) is 17.0 Å². The zero-order valence-corrected chi connectivity index (χ0v) is 19.5. The third-order valence-electron chi connectivity index (χ3n) is 7.25. The summed E-state index contributed by atoms with van der Waals surface area (Å²) in [7, 11) is 0. The topological polar surface area (TPSA) is 112 Å². The highest BCUT2D eigenvalue weighted by Gasteiger charge is 2.61. The monoisotopic (exact) mass is 457 g/mol. The van der Waals surface area contributed by atoms with Crippen molar-refractivity contribution in [3.8, 4) is 0 Å². The Morgan fingerprint density at radius 3 is 2.27 bits per heavy atom. The molecule has 0 radical (unpaired) electrons.